The highest BCUT2D eigenvalue weighted by Gasteiger charge is 2.06. The Hall–Kier alpha value is -1.20. The molecule has 0 radical (unpaired) electrons. The molecule has 2 rings (SSSR count). The van der Waals surface area contributed by atoms with Gasteiger partial charge in [0.25, 0.3) is 5.91 Å². The van der Waals surface area contributed by atoms with E-state index >= 15 is 0 Å². The van der Waals surface area contributed by atoms with Crippen molar-refractivity contribution in [3.05, 3.63) is 50.9 Å². The molecule has 0 spiro atoms. The van der Waals surface area contributed by atoms with E-state index in [1.54, 1.807) is 29.8 Å². The Morgan fingerprint density at radius 2 is 2.38 bits per heavy atom. The van der Waals surface area contributed by atoms with E-state index in [0.29, 0.717) is 12.1 Å². The first-order valence-electron chi connectivity index (χ1n) is 4.67. The summed E-state index contributed by atoms with van der Waals surface area (Å²) in [5.74, 6) is -0.109. The molecule has 1 N–H and O–H groups in total. The topological polar surface area (TPSA) is 42.0 Å². The number of hydrogen-bond acceptors (Lipinski definition) is 3. The zero-order valence-corrected chi connectivity index (χ0v) is 10.7. The maximum atomic E-state index is 11.7. The molecule has 0 aliphatic carbocycles. The summed E-state index contributed by atoms with van der Waals surface area (Å²) in [6.07, 6.45) is 3.20. The Bertz CT molecular complexity index is 484. The molecule has 2 aromatic rings. The minimum absolute atomic E-state index is 0.109. The van der Waals surface area contributed by atoms with Crippen molar-refractivity contribution in [2.75, 3.05) is 0 Å². The highest BCUT2D eigenvalue weighted by molar-refractivity contribution is 9.10. The number of pyridine rings is 1. The molecule has 3 nitrogen and oxygen atoms in total. The molecule has 2 aromatic heterocycles. The van der Waals surface area contributed by atoms with Crippen molar-refractivity contribution in [1.29, 1.82) is 0 Å². The maximum Gasteiger partial charge on any atom is 0.253 e. The Balaban J connectivity index is 1.98. The Morgan fingerprint density at radius 1 is 1.50 bits per heavy atom. The summed E-state index contributed by atoms with van der Waals surface area (Å²) in [6.45, 7) is 0.559. The lowest BCUT2D eigenvalue weighted by Gasteiger charge is -2.03. The van der Waals surface area contributed by atoms with Crippen molar-refractivity contribution in [3.8, 4) is 0 Å². The zero-order valence-electron chi connectivity index (χ0n) is 8.31. The molecular formula is C11H9BrN2OS. The van der Waals surface area contributed by atoms with Crippen LogP contribution in [-0.4, -0.2) is 10.9 Å². The number of amides is 1. The fourth-order valence-electron chi connectivity index (χ4n) is 1.22. The van der Waals surface area contributed by atoms with Crippen LogP contribution in [0.2, 0.25) is 0 Å². The van der Waals surface area contributed by atoms with Crippen LogP contribution in [0.5, 0.6) is 0 Å². The Kier molecular flexibility index (Phi) is 3.69. The van der Waals surface area contributed by atoms with E-state index in [0.717, 1.165) is 9.35 Å². The monoisotopic (exact) mass is 296 g/mol. The summed E-state index contributed by atoms with van der Waals surface area (Å²) < 4.78 is 0.802. The molecule has 1 amide bonds. The van der Waals surface area contributed by atoms with Crippen molar-refractivity contribution >= 4 is 33.2 Å². The largest absolute Gasteiger partial charge is 0.347 e. The van der Waals surface area contributed by atoms with Gasteiger partial charge in [0.05, 0.1) is 12.1 Å². The molecule has 0 aromatic carbocycles. The second-order valence-electron chi connectivity index (χ2n) is 3.15. The van der Waals surface area contributed by atoms with Crippen molar-refractivity contribution < 1.29 is 4.79 Å². The van der Waals surface area contributed by atoms with E-state index in [4.69, 9.17) is 0 Å². The number of hydrogen-bond donors (Lipinski definition) is 1. The highest BCUT2D eigenvalue weighted by atomic mass is 79.9. The molecule has 0 fully saturated rings. The van der Waals surface area contributed by atoms with Gasteiger partial charge in [0.1, 0.15) is 0 Å². The third-order valence-corrected chi connectivity index (χ3v) is 3.28. The van der Waals surface area contributed by atoms with Gasteiger partial charge in [-0.05, 0) is 33.4 Å². The normalized spacial score (nSPS) is 10.1. The summed E-state index contributed by atoms with van der Waals surface area (Å²) in [5, 5.41) is 4.83. The van der Waals surface area contributed by atoms with Crippen LogP contribution in [0.15, 0.2) is 40.4 Å². The molecule has 0 aliphatic rings. The number of nitrogens with one attached hydrogen (secondary N) is 1. The third kappa shape index (κ3) is 2.90. The minimum Gasteiger partial charge on any atom is -0.347 e. The van der Waals surface area contributed by atoms with Gasteiger partial charge in [0.15, 0.2) is 0 Å². The van der Waals surface area contributed by atoms with Crippen molar-refractivity contribution in [2.45, 2.75) is 6.54 Å². The quantitative estimate of drug-likeness (QED) is 0.946. The molecule has 82 valence electrons. The van der Waals surface area contributed by atoms with Gasteiger partial charge in [-0.15, -0.1) is 11.3 Å². The second-order valence-corrected chi connectivity index (χ2v) is 5.10. The van der Waals surface area contributed by atoms with Gasteiger partial charge in [0.2, 0.25) is 0 Å². The third-order valence-electron chi connectivity index (χ3n) is 1.97. The lowest BCUT2D eigenvalue weighted by Crippen LogP contribution is -2.22. The molecule has 5 heteroatoms. The summed E-state index contributed by atoms with van der Waals surface area (Å²) in [6, 6.07) is 5.70. The van der Waals surface area contributed by atoms with Crippen LogP contribution in [0.1, 0.15) is 15.2 Å². The van der Waals surface area contributed by atoms with Gasteiger partial charge in [0, 0.05) is 21.7 Å². The standard InChI is InChI=1S/C11H9BrN2OS/c12-9-4-8(5-13-6-9)11(15)14-7-10-2-1-3-16-10/h1-6H,7H2,(H,14,15). The Labute approximate surface area is 106 Å². The fourth-order valence-corrected chi connectivity index (χ4v) is 2.23. The van der Waals surface area contributed by atoms with E-state index in [-0.39, 0.29) is 5.91 Å². The number of carbonyl (C=O) groups is 1. The molecule has 0 unspecified atom stereocenters. The smallest absolute Gasteiger partial charge is 0.253 e. The number of rotatable bonds is 3. The number of thiophene rings is 1. The number of halogens is 1. The van der Waals surface area contributed by atoms with Crippen LogP contribution in [0.25, 0.3) is 0 Å². The summed E-state index contributed by atoms with van der Waals surface area (Å²) in [7, 11) is 0. The van der Waals surface area contributed by atoms with Crippen molar-refractivity contribution in [2.24, 2.45) is 0 Å². The molecule has 0 atom stereocenters. The molecule has 16 heavy (non-hydrogen) atoms. The maximum absolute atomic E-state index is 11.7. The number of carbonyl (C=O) groups excluding carboxylic acids is 1. The van der Waals surface area contributed by atoms with Crippen LogP contribution >= 0.6 is 27.3 Å². The first-order chi connectivity index (χ1) is 7.75. The number of aromatic nitrogens is 1. The minimum atomic E-state index is -0.109. The van der Waals surface area contributed by atoms with E-state index in [9.17, 15) is 4.79 Å². The first-order valence-corrected chi connectivity index (χ1v) is 6.34. The van der Waals surface area contributed by atoms with Crippen LogP contribution < -0.4 is 5.32 Å². The number of nitrogens with zero attached hydrogens (tertiary/aromatic N) is 1. The van der Waals surface area contributed by atoms with E-state index in [1.165, 1.54) is 0 Å². The van der Waals surface area contributed by atoms with Crippen molar-refractivity contribution in [3.63, 3.8) is 0 Å². The van der Waals surface area contributed by atoms with Crippen molar-refractivity contribution in [1.82, 2.24) is 10.3 Å². The van der Waals surface area contributed by atoms with Gasteiger partial charge in [-0.25, -0.2) is 0 Å². The van der Waals surface area contributed by atoms with Crippen LogP contribution in [-0.2, 0) is 6.54 Å². The average molecular weight is 297 g/mol. The molecular weight excluding hydrogens is 288 g/mol. The SMILES string of the molecule is O=C(NCc1cccs1)c1cncc(Br)c1. The first kappa shape index (κ1) is 11.3. The highest BCUT2D eigenvalue weighted by Crippen LogP contribution is 2.11. The van der Waals surface area contributed by atoms with E-state index in [2.05, 4.69) is 26.2 Å². The summed E-state index contributed by atoms with van der Waals surface area (Å²) in [4.78, 5) is 16.8. The lowest BCUT2D eigenvalue weighted by molar-refractivity contribution is 0.0951. The molecule has 0 aliphatic heterocycles. The fraction of sp³-hybridized carbons (Fsp3) is 0.0909. The van der Waals surface area contributed by atoms with Gasteiger partial charge < -0.3 is 5.32 Å². The summed E-state index contributed by atoms with van der Waals surface area (Å²) in [5.41, 5.74) is 0.561. The zero-order chi connectivity index (χ0) is 11.4. The second kappa shape index (κ2) is 5.23. The van der Waals surface area contributed by atoms with Crippen LogP contribution in [0.4, 0.5) is 0 Å². The van der Waals surface area contributed by atoms with E-state index in [1.807, 2.05) is 17.5 Å². The Morgan fingerprint density at radius 3 is 3.06 bits per heavy atom. The van der Waals surface area contributed by atoms with Crippen LogP contribution in [0.3, 0.4) is 0 Å². The average Bonchev–Trinajstić information content (AvgIpc) is 2.78. The van der Waals surface area contributed by atoms with E-state index < -0.39 is 0 Å². The molecule has 0 saturated heterocycles. The molecule has 0 saturated carbocycles. The molecule has 0 bridgehead atoms. The van der Waals surface area contributed by atoms with Gasteiger partial charge in [-0.3, -0.25) is 9.78 Å². The summed E-state index contributed by atoms with van der Waals surface area (Å²) >= 11 is 4.90. The lowest BCUT2D eigenvalue weighted by atomic mass is 10.2. The predicted molar refractivity (Wildman–Crippen MR) is 67.4 cm³/mol. The predicted octanol–water partition coefficient (Wildman–Crippen LogP) is 2.84. The van der Waals surface area contributed by atoms with Crippen LogP contribution in [0, 0.1) is 0 Å². The van der Waals surface area contributed by atoms with Gasteiger partial charge in [-0.1, -0.05) is 6.07 Å². The molecule has 2 heterocycles. The van der Waals surface area contributed by atoms with Gasteiger partial charge in [-0.2, -0.15) is 0 Å². The van der Waals surface area contributed by atoms with Gasteiger partial charge >= 0.3 is 0 Å².